The number of carbonyl (C=O) groups excluding carboxylic acids is 2. The molecule has 0 unspecified atom stereocenters. The van der Waals surface area contributed by atoms with Crippen molar-refractivity contribution in [2.45, 2.75) is 50.2 Å². The van der Waals surface area contributed by atoms with E-state index in [-0.39, 0.29) is 11.8 Å². The predicted octanol–water partition coefficient (Wildman–Crippen LogP) is 1.42. The summed E-state index contributed by atoms with van der Waals surface area (Å²) in [6, 6.07) is 0. The van der Waals surface area contributed by atoms with Crippen LogP contribution in [-0.4, -0.2) is 43.8 Å². The number of nitrogens with zero attached hydrogens (tertiary/aromatic N) is 4. The number of rotatable bonds is 6. The molecule has 0 radical (unpaired) electrons. The first kappa shape index (κ1) is 13.6. The lowest BCUT2D eigenvalue weighted by atomic mass is 10.4. The Bertz CT molecular complexity index is 522. The molecule has 1 aromatic rings. The summed E-state index contributed by atoms with van der Waals surface area (Å²) < 4.78 is 2.15. The lowest BCUT2D eigenvalue weighted by Gasteiger charge is -2.13. The minimum absolute atomic E-state index is 0.0498. The molecular formula is C13H18N4O2S. The minimum Gasteiger partial charge on any atom is -0.306 e. The van der Waals surface area contributed by atoms with Gasteiger partial charge in [0.2, 0.25) is 11.8 Å². The monoisotopic (exact) mass is 294 g/mol. The Balaban J connectivity index is 1.58. The molecule has 0 spiro atoms. The van der Waals surface area contributed by atoms with Gasteiger partial charge in [0.25, 0.3) is 0 Å². The molecule has 2 heterocycles. The first-order valence-electron chi connectivity index (χ1n) is 7.09. The number of hydrogen-bond acceptors (Lipinski definition) is 5. The molecule has 2 amide bonds. The van der Waals surface area contributed by atoms with Gasteiger partial charge in [-0.25, -0.2) is 0 Å². The Morgan fingerprint density at radius 3 is 2.50 bits per heavy atom. The molecule has 1 aromatic heterocycles. The fourth-order valence-electron chi connectivity index (χ4n) is 2.45. The number of carbonyl (C=O) groups is 2. The largest absolute Gasteiger partial charge is 0.306 e. The second-order valence-electron chi connectivity index (χ2n) is 5.15. The van der Waals surface area contributed by atoms with Crippen molar-refractivity contribution in [3.63, 3.8) is 0 Å². The van der Waals surface area contributed by atoms with Crippen LogP contribution in [0.3, 0.4) is 0 Å². The first-order chi connectivity index (χ1) is 9.70. The second kappa shape index (κ2) is 5.55. The van der Waals surface area contributed by atoms with Crippen LogP contribution < -0.4 is 0 Å². The molecule has 2 fully saturated rings. The van der Waals surface area contributed by atoms with E-state index in [0.29, 0.717) is 31.1 Å². The lowest BCUT2D eigenvalue weighted by molar-refractivity contribution is -0.137. The summed E-state index contributed by atoms with van der Waals surface area (Å²) >= 11 is 1.57. The van der Waals surface area contributed by atoms with Crippen molar-refractivity contribution in [2.75, 3.05) is 12.3 Å². The van der Waals surface area contributed by atoms with Crippen molar-refractivity contribution in [3.8, 4) is 0 Å². The van der Waals surface area contributed by atoms with Gasteiger partial charge in [-0.2, -0.15) is 0 Å². The van der Waals surface area contributed by atoms with Crippen LogP contribution in [0.5, 0.6) is 0 Å². The maximum atomic E-state index is 11.5. The van der Waals surface area contributed by atoms with Gasteiger partial charge in [-0.1, -0.05) is 11.8 Å². The SMILES string of the molecule is CCn1c(SCCN2C(=O)CCC2=O)nnc1C1CC1. The zero-order valence-corrected chi connectivity index (χ0v) is 12.4. The quantitative estimate of drug-likeness (QED) is 0.586. The van der Waals surface area contributed by atoms with Crippen LogP contribution in [0.25, 0.3) is 0 Å². The Hall–Kier alpha value is -1.37. The second-order valence-corrected chi connectivity index (χ2v) is 6.21. The lowest BCUT2D eigenvalue weighted by Crippen LogP contribution is -2.31. The van der Waals surface area contributed by atoms with Gasteiger partial charge in [-0.15, -0.1) is 10.2 Å². The molecule has 1 saturated carbocycles. The van der Waals surface area contributed by atoms with Crippen molar-refractivity contribution in [1.29, 1.82) is 0 Å². The number of amides is 2. The van der Waals surface area contributed by atoms with Crippen LogP contribution in [0.1, 0.15) is 44.3 Å². The fourth-order valence-corrected chi connectivity index (χ4v) is 3.38. The van der Waals surface area contributed by atoms with Crippen LogP contribution >= 0.6 is 11.8 Å². The van der Waals surface area contributed by atoms with E-state index in [2.05, 4.69) is 21.7 Å². The third-order valence-corrected chi connectivity index (χ3v) is 4.65. The van der Waals surface area contributed by atoms with E-state index < -0.39 is 0 Å². The van der Waals surface area contributed by atoms with Gasteiger partial charge in [0.1, 0.15) is 5.82 Å². The Labute approximate surface area is 121 Å². The Morgan fingerprint density at radius 1 is 1.20 bits per heavy atom. The normalized spacial score (nSPS) is 19.1. The molecule has 108 valence electrons. The first-order valence-corrected chi connectivity index (χ1v) is 8.08. The molecular weight excluding hydrogens is 276 g/mol. The number of likely N-dealkylation sites (tertiary alicyclic amines) is 1. The highest BCUT2D eigenvalue weighted by Gasteiger charge is 2.31. The maximum absolute atomic E-state index is 11.5. The third-order valence-electron chi connectivity index (χ3n) is 3.71. The van der Waals surface area contributed by atoms with Crippen LogP contribution in [0.4, 0.5) is 0 Å². The van der Waals surface area contributed by atoms with Gasteiger partial charge in [0.15, 0.2) is 5.16 Å². The molecule has 20 heavy (non-hydrogen) atoms. The highest BCUT2D eigenvalue weighted by atomic mass is 32.2. The number of imide groups is 1. The van der Waals surface area contributed by atoms with Crippen LogP contribution in [0.2, 0.25) is 0 Å². The van der Waals surface area contributed by atoms with E-state index in [1.807, 2.05) is 0 Å². The highest BCUT2D eigenvalue weighted by Crippen LogP contribution is 2.39. The van der Waals surface area contributed by atoms with Crippen molar-refractivity contribution >= 4 is 23.6 Å². The van der Waals surface area contributed by atoms with Crippen LogP contribution in [-0.2, 0) is 16.1 Å². The van der Waals surface area contributed by atoms with Gasteiger partial charge in [0, 0.05) is 37.6 Å². The van der Waals surface area contributed by atoms with Crippen LogP contribution in [0.15, 0.2) is 5.16 Å². The predicted molar refractivity (Wildman–Crippen MR) is 74.3 cm³/mol. The average molecular weight is 294 g/mol. The maximum Gasteiger partial charge on any atom is 0.229 e. The van der Waals surface area contributed by atoms with E-state index in [1.165, 1.54) is 17.7 Å². The van der Waals surface area contributed by atoms with Crippen molar-refractivity contribution in [1.82, 2.24) is 19.7 Å². The minimum atomic E-state index is -0.0498. The van der Waals surface area contributed by atoms with E-state index in [0.717, 1.165) is 17.5 Å². The van der Waals surface area contributed by atoms with Gasteiger partial charge in [0.05, 0.1) is 0 Å². The van der Waals surface area contributed by atoms with Crippen molar-refractivity contribution in [2.24, 2.45) is 0 Å². The van der Waals surface area contributed by atoms with E-state index in [4.69, 9.17) is 0 Å². The molecule has 3 rings (SSSR count). The third kappa shape index (κ3) is 2.59. The van der Waals surface area contributed by atoms with Crippen LogP contribution in [0, 0.1) is 0 Å². The summed E-state index contributed by atoms with van der Waals surface area (Å²) in [5, 5.41) is 9.41. The molecule has 0 N–H and O–H groups in total. The summed E-state index contributed by atoms with van der Waals surface area (Å²) in [4.78, 5) is 24.4. The van der Waals surface area contributed by atoms with E-state index in [9.17, 15) is 9.59 Å². The topological polar surface area (TPSA) is 68.1 Å². The number of thioether (sulfide) groups is 1. The molecule has 2 aliphatic rings. The van der Waals surface area contributed by atoms with Crippen molar-refractivity contribution in [3.05, 3.63) is 5.82 Å². The molecule has 0 aromatic carbocycles. The fraction of sp³-hybridized carbons (Fsp3) is 0.692. The smallest absolute Gasteiger partial charge is 0.229 e. The van der Waals surface area contributed by atoms with Gasteiger partial charge in [-0.3, -0.25) is 14.5 Å². The zero-order chi connectivity index (χ0) is 14.1. The highest BCUT2D eigenvalue weighted by molar-refractivity contribution is 7.99. The Morgan fingerprint density at radius 2 is 1.90 bits per heavy atom. The summed E-state index contributed by atoms with van der Waals surface area (Å²) in [6.45, 7) is 3.42. The van der Waals surface area contributed by atoms with Gasteiger partial charge >= 0.3 is 0 Å². The number of aromatic nitrogens is 3. The molecule has 1 aliphatic carbocycles. The van der Waals surface area contributed by atoms with Crippen molar-refractivity contribution < 1.29 is 9.59 Å². The molecule has 6 nitrogen and oxygen atoms in total. The average Bonchev–Trinajstić information content (AvgIpc) is 3.14. The zero-order valence-electron chi connectivity index (χ0n) is 11.5. The molecule has 0 atom stereocenters. The molecule has 1 saturated heterocycles. The molecule has 0 bridgehead atoms. The summed E-state index contributed by atoms with van der Waals surface area (Å²) in [6.07, 6.45) is 3.14. The summed E-state index contributed by atoms with van der Waals surface area (Å²) in [5.41, 5.74) is 0. The van der Waals surface area contributed by atoms with Gasteiger partial charge < -0.3 is 4.57 Å². The molecule has 7 heteroatoms. The standard InChI is InChI=1S/C13H18N4O2S/c1-2-16-12(9-3-4-9)14-15-13(16)20-8-7-17-10(18)5-6-11(17)19/h9H,2-8H2,1H3. The Kier molecular flexibility index (Phi) is 3.78. The van der Waals surface area contributed by atoms with E-state index >= 15 is 0 Å². The van der Waals surface area contributed by atoms with E-state index in [1.54, 1.807) is 11.8 Å². The summed E-state index contributed by atoms with van der Waals surface area (Å²) in [5.74, 6) is 2.25. The summed E-state index contributed by atoms with van der Waals surface area (Å²) in [7, 11) is 0. The van der Waals surface area contributed by atoms with Gasteiger partial charge in [-0.05, 0) is 19.8 Å². The molecule has 1 aliphatic heterocycles. The number of hydrogen-bond donors (Lipinski definition) is 0.